The smallest absolute Gasteiger partial charge is 0.283 e. The third-order valence-corrected chi connectivity index (χ3v) is 4.80. The molecule has 1 atom stereocenters. The first-order valence-electron chi connectivity index (χ1n) is 8.32. The monoisotopic (exact) mass is 318 g/mol. The van der Waals surface area contributed by atoms with E-state index >= 15 is 0 Å². The molecule has 120 valence electrons. The van der Waals surface area contributed by atoms with E-state index in [1.807, 2.05) is 12.1 Å². The predicted molar refractivity (Wildman–Crippen MR) is 96.4 cm³/mol. The number of hydrogen-bond acceptors (Lipinski definition) is 2. The third-order valence-electron chi connectivity index (χ3n) is 4.50. The van der Waals surface area contributed by atoms with Crippen LogP contribution in [0.5, 0.6) is 0 Å². The van der Waals surface area contributed by atoms with E-state index in [2.05, 4.69) is 36.6 Å². The molecule has 3 nitrogen and oxygen atoms in total. The maximum absolute atomic E-state index is 12.1. The number of benzene rings is 1. The Labute approximate surface area is 138 Å². The molecule has 0 radical (unpaired) electrons. The number of nitrogens with one attached hydrogen (secondary N) is 2. The second-order valence-electron chi connectivity index (χ2n) is 6.19. The molecule has 0 saturated heterocycles. The van der Waals surface area contributed by atoms with Crippen molar-refractivity contribution in [1.82, 2.24) is 5.32 Å². The minimum atomic E-state index is -0.211. The van der Waals surface area contributed by atoms with E-state index in [9.17, 15) is 4.79 Å². The van der Waals surface area contributed by atoms with E-state index in [-0.39, 0.29) is 5.91 Å². The van der Waals surface area contributed by atoms with Gasteiger partial charge in [-0.15, -0.1) is 0 Å². The fourth-order valence-corrected chi connectivity index (χ4v) is 3.03. The molecule has 4 heteroatoms. The topological polar surface area (TPSA) is 41.1 Å². The van der Waals surface area contributed by atoms with Crippen molar-refractivity contribution in [3.63, 3.8) is 0 Å². The summed E-state index contributed by atoms with van der Waals surface area (Å²) in [7, 11) is 0. The average molecular weight is 318 g/mol. The van der Waals surface area contributed by atoms with Crippen LogP contribution < -0.4 is 10.6 Å². The SMILES string of the molecule is CCC(C)c1ccc(NC(=O)C(=S)NC2CCCCC2)cc1. The Hall–Kier alpha value is -1.42. The summed E-state index contributed by atoms with van der Waals surface area (Å²) >= 11 is 5.22. The third kappa shape index (κ3) is 4.80. The summed E-state index contributed by atoms with van der Waals surface area (Å²) in [6, 6.07) is 8.40. The normalized spacial score (nSPS) is 16.8. The minimum Gasteiger partial charge on any atom is -0.369 e. The van der Waals surface area contributed by atoms with Gasteiger partial charge in [0.05, 0.1) is 0 Å². The van der Waals surface area contributed by atoms with Crippen LogP contribution in [0.15, 0.2) is 24.3 Å². The molecule has 0 bridgehead atoms. The van der Waals surface area contributed by atoms with Crippen LogP contribution >= 0.6 is 12.2 Å². The van der Waals surface area contributed by atoms with Crippen molar-refractivity contribution >= 4 is 28.8 Å². The molecule has 1 unspecified atom stereocenters. The highest BCUT2D eigenvalue weighted by Crippen LogP contribution is 2.20. The largest absolute Gasteiger partial charge is 0.369 e. The minimum absolute atomic E-state index is 0.211. The molecule has 1 aliphatic carbocycles. The van der Waals surface area contributed by atoms with Crippen LogP contribution in [0, 0.1) is 0 Å². The maximum Gasteiger partial charge on any atom is 0.283 e. The second-order valence-corrected chi connectivity index (χ2v) is 6.60. The Bertz CT molecular complexity index is 506. The van der Waals surface area contributed by atoms with Crippen molar-refractivity contribution in [2.45, 2.75) is 64.3 Å². The zero-order valence-electron chi connectivity index (χ0n) is 13.5. The Morgan fingerprint density at radius 1 is 1.23 bits per heavy atom. The summed E-state index contributed by atoms with van der Waals surface area (Å²) < 4.78 is 0. The van der Waals surface area contributed by atoms with Gasteiger partial charge in [-0.1, -0.05) is 57.5 Å². The summed E-state index contributed by atoms with van der Waals surface area (Å²) in [5.41, 5.74) is 2.09. The lowest BCUT2D eigenvalue weighted by atomic mass is 9.95. The van der Waals surface area contributed by atoms with E-state index in [1.165, 1.54) is 24.8 Å². The lowest BCUT2D eigenvalue weighted by Gasteiger charge is -2.23. The van der Waals surface area contributed by atoms with Crippen molar-refractivity contribution in [3.05, 3.63) is 29.8 Å². The summed E-state index contributed by atoms with van der Waals surface area (Å²) in [5.74, 6) is 0.329. The zero-order valence-corrected chi connectivity index (χ0v) is 14.3. The van der Waals surface area contributed by atoms with Crippen molar-refractivity contribution in [2.24, 2.45) is 0 Å². The number of carbonyl (C=O) groups excluding carboxylic acids is 1. The van der Waals surface area contributed by atoms with Crippen molar-refractivity contribution in [1.29, 1.82) is 0 Å². The Balaban J connectivity index is 1.86. The first-order chi connectivity index (χ1) is 10.6. The van der Waals surface area contributed by atoms with Crippen molar-refractivity contribution < 1.29 is 4.79 Å². The predicted octanol–water partition coefficient (Wildman–Crippen LogP) is 4.39. The van der Waals surface area contributed by atoms with E-state index in [0.29, 0.717) is 16.9 Å². The van der Waals surface area contributed by atoms with E-state index in [1.54, 1.807) is 0 Å². The Kier molecular flexibility index (Phi) is 6.37. The molecule has 1 amide bonds. The van der Waals surface area contributed by atoms with Crippen molar-refractivity contribution in [2.75, 3.05) is 5.32 Å². The van der Waals surface area contributed by atoms with E-state index in [0.717, 1.165) is 24.9 Å². The molecule has 2 N–H and O–H groups in total. The highest BCUT2D eigenvalue weighted by molar-refractivity contribution is 7.82. The Morgan fingerprint density at radius 3 is 2.45 bits per heavy atom. The zero-order chi connectivity index (χ0) is 15.9. The molecule has 1 saturated carbocycles. The summed E-state index contributed by atoms with van der Waals surface area (Å²) in [6.45, 7) is 4.38. The molecule has 1 fully saturated rings. The van der Waals surface area contributed by atoms with Gasteiger partial charge in [0.1, 0.15) is 0 Å². The molecule has 1 aromatic rings. The molecular weight excluding hydrogens is 292 g/mol. The van der Waals surface area contributed by atoms with Crippen LogP contribution in [0.25, 0.3) is 0 Å². The molecule has 0 aliphatic heterocycles. The van der Waals surface area contributed by atoms with Gasteiger partial charge in [-0.2, -0.15) is 0 Å². The maximum atomic E-state index is 12.1. The van der Waals surface area contributed by atoms with E-state index < -0.39 is 0 Å². The molecule has 22 heavy (non-hydrogen) atoms. The average Bonchev–Trinajstić information content (AvgIpc) is 2.55. The van der Waals surface area contributed by atoms with Gasteiger partial charge in [0.2, 0.25) is 0 Å². The fourth-order valence-electron chi connectivity index (χ4n) is 2.82. The highest BCUT2D eigenvalue weighted by atomic mass is 32.1. The van der Waals surface area contributed by atoms with Crippen molar-refractivity contribution in [3.8, 4) is 0 Å². The van der Waals surface area contributed by atoms with E-state index in [4.69, 9.17) is 12.2 Å². The van der Waals surface area contributed by atoms with Crippen LogP contribution in [-0.2, 0) is 4.79 Å². The standard InChI is InChI=1S/C18H26N2OS/c1-3-13(2)14-9-11-16(12-10-14)19-17(21)18(22)20-15-7-5-4-6-8-15/h9-13,15H,3-8H2,1-2H3,(H,19,21)(H,20,22). The van der Waals surface area contributed by atoms with Crippen LogP contribution in [0.3, 0.4) is 0 Å². The summed E-state index contributed by atoms with van der Waals surface area (Å²) in [6.07, 6.45) is 7.06. The van der Waals surface area contributed by atoms with Crippen LogP contribution in [0.2, 0.25) is 0 Å². The molecule has 0 heterocycles. The van der Waals surface area contributed by atoms with Gasteiger partial charge in [-0.3, -0.25) is 4.79 Å². The highest BCUT2D eigenvalue weighted by Gasteiger charge is 2.17. The molecule has 1 aliphatic rings. The van der Waals surface area contributed by atoms with Gasteiger partial charge < -0.3 is 10.6 Å². The van der Waals surface area contributed by atoms with Crippen LogP contribution in [0.1, 0.15) is 63.9 Å². The number of amides is 1. The molecule has 0 aromatic heterocycles. The number of thiocarbonyl (C=S) groups is 1. The summed E-state index contributed by atoms with van der Waals surface area (Å²) in [5, 5.41) is 6.07. The van der Waals surface area contributed by atoms with Gasteiger partial charge >= 0.3 is 0 Å². The molecule has 0 spiro atoms. The quantitative estimate of drug-likeness (QED) is 0.809. The second kappa shape index (κ2) is 8.28. The Morgan fingerprint density at radius 2 is 1.86 bits per heavy atom. The molecular formula is C18H26N2OS. The van der Waals surface area contributed by atoms with Crippen LogP contribution in [0.4, 0.5) is 5.69 Å². The number of hydrogen-bond donors (Lipinski definition) is 2. The van der Waals surface area contributed by atoms with Gasteiger partial charge in [0.25, 0.3) is 5.91 Å². The van der Waals surface area contributed by atoms with Gasteiger partial charge in [-0.05, 0) is 42.9 Å². The summed E-state index contributed by atoms with van der Waals surface area (Å²) in [4.78, 5) is 12.4. The van der Waals surface area contributed by atoms with Gasteiger partial charge in [-0.25, -0.2) is 0 Å². The van der Waals surface area contributed by atoms with Gasteiger partial charge in [0, 0.05) is 11.7 Å². The fraction of sp³-hybridized carbons (Fsp3) is 0.556. The number of carbonyl (C=O) groups is 1. The first-order valence-corrected chi connectivity index (χ1v) is 8.72. The lowest BCUT2D eigenvalue weighted by molar-refractivity contribution is -0.110. The van der Waals surface area contributed by atoms with Crippen LogP contribution in [-0.4, -0.2) is 16.9 Å². The lowest BCUT2D eigenvalue weighted by Crippen LogP contribution is -2.41. The number of anilines is 1. The first kappa shape index (κ1) is 16.9. The molecule has 2 rings (SSSR count). The molecule has 1 aromatic carbocycles. The van der Waals surface area contributed by atoms with Gasteiger partial charge in [0.15, 0.2) is 4.99 Å². The number of rotatable bonds is 4.